The van der Waals surface area contributed by atoms with Crippen LogP contribution in [0.1, 0.15) is 39.4 Å². The van der Waals surface area contributed by atoms with Gasteiger partial charge in [0.05, 0.1) is 6.42 Å². The van der Waals surface area contributed by atoms with E-state index in [2.05, 4.69) is 16.5 Å². The lowest BCUT2D eigenvalue weighted by Gasteiger charge is -2.06. The maximum atomic E-state index is 11.9. The molecule has 1 rings (SSSR count). The summed E-state index contributed by atoms with van der Waals surface area (Å²) in [5.74, 6) is 1.06. The first-order chi connectivity index (χ1) is 7.72. The summed E-state index contributed by atoms with van der Waals surface area (Å²) in [6.45, 7) is 6.97. The Balaban J connectivity index is 2.72. The highest BCUT2D eigenvalue weighted by Crippen LogP contribution is 2.08. The van der Waals surface area contributed by atoms with E-state index in [0.29, 0.717) is 6.42 Å². The number of rotatable bonds is 6. The fourth-order valence-corrected chi connectivity index (χ4v) is 1.77. The van der Waals surface area contributed by atoms with Crippen LogP contribution in [0.4, 0.5) is 0 Å². The normalized spacial score (nSPS) is 11.8. The van der Waals surface area contributed by atoms with Crippen molar-refractivity contribution in [1.82, 2.24) is 9.55 Å². The molecule has 16 heavy (non-hydrogen) atoms. The number of hydrogen-bond donors (Lipinski definition) is 0. The Kier molecular flexibility index (Phi) is 4.96. The van der Waals surface area contributed by atoms with Gasteiger partial charge in [0.25, 0.3) is 0 Å². The van der Waals surface area contributed by atoms with Crippen LogP contribution >= 0.6 is 0 Å². The molecule has 0 fully saturated rings. The monoisotopic (exact) mass is 220 g/mol. The van der Waals surface area contributed by atoms with Crippen LogP contribution in [0.25, 0.3) is 0 Å². The van der Waals surface area contributed by atoms with Crippen molar-refractivity contribution < 1.29 is 4.79 Å². The van der Waals surface area contributed by atoms with Gasteiger partial charge in [0.1, 0.15) is 5.82 Å². The fourth-order valence-electron chi connectivity index (χ4n) is 1.77. The Bertz CT molecular complexity index is 377. The van der Waals surface area contributed by atoms with Gasteiger partial charge in [-0.05, 0) is 25.3 Å². The molecule has 0 aliphatic heterocycles. The van der Waals surface area contributed by atoms with E-state index in [1.54, 1.807) is 6.20 Å². The molecule has 3 nitrogen and oxygen atoms in total. The van der Waals surface area contributed by atoms with Gasteiger partial charge in [0.15, 0.2) is 5.78 Å². The van der Waals surface area contributed by atoms with E-state index in [1.807, 2.05) is 26.1 Å². The van der Waals surface area contributed by atoms with Crippen molar-refractivity contribution in [1.29, 1.82) is 0 Å². The van der Waals surface area contributed by atoms with Crippen LogP contribution in [0, 0.1) is 0 Å². The lowest BCUT2D eigenvalue weighted by Crippen LogP contribution is -2.11. The van der Waals surface area contributed by atoms with Crippen molar-refractivity contribution >= 4 is 5.78 Å². The Hall–Kier alpha value is -1.38. The van der Waals surface area contributed by atoms with E-state index in [1.165, 1.54) is 0 Å². The Morgan fingerprint density at radius 3 is 2.81 bits per heavy atom. The average Bonchev–Trinajstić information content (AvgIpc) is 2.68. The zero-order valence-electron chi connectivity index (χ0n) is 10.4. The second kappa shape index (κ2) is 6.26. The van der Waals surface area contributed by atoms with Crippen molar-refractivity contribution in [2.75, 3.05) is 0 Å². The third-order valence-corrected chi connectivity index (χ3v) is 2.67. The molecule has 1 aromatic heterocycles. The average molecular weight is 220 g/mol. The molecule has 0 amide bonds. The molecule has 0 saturated carbocycles. The minimum atomic E-state index is 0.188. The second-order valence-corrected chi connectivity index (χ2v) is 3.80. The number of carbonyl (C=O) groups excluding carboxylic acids is 1. The molecule has 0 aromatic carbocycles. The number of carbonyl (C=O) groups is 1. The summed E-state index contributed by atoms with van der Waals surface area (Å²) in [5, 5.41) is 0. The zero-order valence-corrected chi connectivity index (χ0v) is 10.4. The van der Waals surface area contributed by atoms with Crippen molar-refractivity contribution in [2.45, 2.75) is 46.6 Å². The Morgan fingerprint density at radius 2 is 2.25 bits per heavy atom. The molecule has 88 valence electrons. The van der Waals surface area contributed by atoms with Crippen LogP contribution < -0.4 is 0 Å². The summed E-state index contributed by atoms with van der Waals surface area (Å²) in [7, 11) is 0. The van der Waals surface area contributed by atoms with Crippen molar-refractivity contribution in [3.05, 3.63) is 29.9 Å². The molecule has 0 aliphatic carbocycles. The molecule has 0 aliphatic rings. The molecule has 0 unspecified atom stereocenters. The quantitative estimate of drug-likeness (QED) is 0.691. The fraction of sp³-hybridized carbons (Fsp3) is 0.538. The van der Waals surface area contributed by atoms with E-state index in [-0.39, 0.29) is 5.78 Å². The summed E-state index contributed by atoms with van der Waals surface area (Å²) in [5.41, 5.74) is 0.894. The summed E-state index contributed by atoms with van der Waals surface area (Å²) < 4.78 is 2.06. The lowest BCUT2D eigenvalue weighted by atomic mass is 10.1. The van der Waals surface area contributed by atoms with Crippen LogP contribution in [-0.2, 0) is 17.8 Å². The Labute approximate surface area is 97.2 Å². The first-order valence-corrected chi connectivity index (χ1v) is 5.91. The molecule has 3 heteroatoms. The minimum absolute atomic E-state index is 0.188. The lowest BCUT2D eigenvalue weighted by molar-refractivity contribution is -0.115. The molecule has 0 N–H and O–H groups in total. The smallest absolute Gasteiger partial charge is 0.166 e. The summed E-state index contributed by atoms with van der Waals surface area (Å²) in [6, 6.07) is 0. The third kappa shape index (κ3) is 3.05. The van der Waals surface area contributed by atoms with E-state index < -0.39 is 0 Å². The van der Waals surface area contributed by atoms with E-state index in [9.17, 15) is 4.79 Å². The maximum absolute atomic E-state index is 11.9. The number of aromatic nitrogens is 2. The number of nitrogens with zero attached hydrogens (tertiary/aromatic N) is 2. The van der Waals surface area contributed by atoms with Crippen molar-refractivity contribution in [3.63, 3.8) is 0 Å². The highest BCUT2D eigenvalue weighted by molar-refractivity contribution is 5.96. The molecule has 1 aromatic rings. The number of hydrogen-bond acceptors (Lipinski definition) is 2. The predicted octanol–water partition coefficient (Wildman–Crippen LogP) is 2.76. The van der Waals surface area contributed by atoms with Gasteiger partial charge in [0.2, 0.25) is 0 Å². The van der Waals surface area contributed by atoms with Gasteiger partial charge in [-0.15, -0.1) is 0 Å². The zero-order chi connectivity index (χ0) is 12.0. The molecule has 0 atom stereocenters. The highest BCUT2D eigenvalue weighted by atomic mass is 16.1. The van der Waals surface area contributed by atoms with Gasteiger partial charge in [-0.25, -0.2) is 4.98 Å². The third-order valence-electron chi connectivity index (χ3n) is 2.67. The first kappa shape index (κ1) is 12.7. The number of Topliss-reactive ketones (excluding diaryl/α,β-unsaturated/α-hetero) is 1. The maximum Gasteiger partial charge on any atom is 0.166 e. The number of ketones is 1. The number of allylic oxidation sites excluding steroid dienone is 2. The van der Waals surface area contributed by atoms with Crippen LogP contribution in [0.15, 0.2) is 24.0 Å². The second-order valence-electron chi connectivity index (χ2n) is 3.80. The van der Waals surface area contributed by atoms with Gasteiger partial charge in [-0.2, -0.15) is 0 Å². The van der Waals surface area contributed by atoms with E-state index in [0.717, 1.165) is 30.8 Å². The minimum Gasteiger partial charge on any atom is -0.335 e. The highest BCUT2D eigenvalue weighted by Gasteiger charge is 2.11. The summed E-state index contributed by atoms with van der Waals surface area (Å²) in [6.07, 6.45) is 7.87. The van der Waals surface area contributed by atoms with Crippen LogP contribution in [0.3, 0.4) is 0 Å². The largest absolute Gasteiger partial charge is 0.335 e. The molecule has 0 spiro atoms. The predicted molar refractivity (Wildman–Crippen MR) is 65.3 cm³/mol. The van der Waals surface area contributed by atoms with Gasteiger partial charge in [-0.1, -0.05) is 19.9 Å². The number of imidazole rings is 1. The van der Waals surface area contributed by atoms with Crippen LogP contribution in [0.5, 0.6) is 0 Å². The standard InChI is InChI=1S/C13H20N2O/c1-4-8-15-9-7-14-13(15)10-12(16)11(5-2)6-3/h5,7,9H,4,6,8,10H2,1-3H3/b11-5+. The summed E-state index contributed by atoms with van der Waals surface area (Å²) >= 11 is 0. The molecule has 0 radical (unpaired) electrons. The summed E-state index contributed by atoms with van der Waals surface area (Å²) in [4.78, 5) is 16.1. The SMILES string of the molecule is C/C=C(\CC)C(=O)Cc1nccn1CCC. The van der Waals surface area contributed by atoms with Crippen molar-refractivity contribution in [2.24, 2.45) is 0 Å². The molecule has 1 heterocycles. The molecular weight excluding hydrogens is 200 g/mol. The number of aryl methyl sites for hydroxylation is 1. The first-order valence-electron chi connectivity index (χ1n) is 5.91. The van der Waals surface area contributed by atoms with E-state index >= 15 is 0 Å². The van der Waals surface area contributed by atoms with Crippen LogP contribution in [0.2, 0.25) is 0 Å². The van der Waals surface area contributed by atoms with Gasteiger partial charge in [-0.3, -0.25) is 4.79 Å². The van der Waals surface area contributed by atoms with Crippen molar-refractivity contribution in [3.8, 4) is 0 Å². The van der Waals surface area contributed by atoms with Crippen LogP contribution in [-0.4, -0.2) is 15.3 Å². The van der Waals surface area contributed by atoms with E-state index in [4.69, 9.17) is 0 Å². The van der Waals surface area contributed by atoms with Gasteiger partial charge < -0.3 is 4.57 Å². The molecule has 0 bridgehead atoms. The molecular formula is C13H20N2O. The van der Waals surface area contributed by atoms with Gasteiger partial charge in [0, 0.05) is 18.9 Å². The Morgan fingerprint density at radius 1 is 1.50 bits per heavy atom. The molecule has 0 saturated heterocycles. The van der Waals surface area contributed by atoms with Gasteiger partial charge >= 0.3 is 0 Å². The topological polar surface area (TPSA) is 34.9 Å².